The van der Waals surface area contributed by atoms with E-state index < -0.39 is 11.5 Å². The lowest BCUT2D eigenvalue weighted by molar-refractivity contribution is -0.0242. The number of hydrogen-bond acceptors (Lipinski definition) is 5. The smallest absolute Gasteiger partial charge is 0.276 e. The zero-order valence-electron chi connectivity index (χ0n) is 13.1. The fraction of sp³-hybridized carbons (Fsp3) is 0.471. The molecule has 0 aromatic carbocycles. The Morgan fingerprint density at radius 1 is 1.38 bits per heavy atom. The second kappa shape index (κ2) is 5.66. The molecule has 3 heterocycles. The Bertz CT molecular complexity index is 764. The van der Waals surface area contributed by atoms with Gasteiger partial charge in [0.25, 0.3) is 5.91 Å². The number of aromatic nitrogens is 2. The third-order valence-electron chi connectivity index (χ3n) is 4.87. The van der Waals surface area contributed by atoms with Gasteiger partial charge in [0.15, 0.2) is 5.69 Å². The quantitative estimate of drug-likeness (QED) is 0.872. The highest BCUT2D eigenvalue weighted by atomic mass is 19.1. The molecule has 1 saturated carbocycles. The molecule has 6 nitrogen and oxygen atoms in total. The van der Waals surface area contributed by atoms with Crippen LogP contribution in [0, 0.1) is 5.95 Å². The van der Waals surface area contributed by atoms with Crippen LogP contribution in [0.25, 0.3) is 0 Å². The summed E-state index contributed by atoms with van der Waals surface area (Å²) in [6.07, 6.45) is 4.03. The monoisotopic (exact) mass is 331 g/mol. The number of halogens is 1. The van der Waals surface area contributed by atoms with Crippen molar-refractivity contribution in [2.24, 2.45) is 0 Å². The summed E-state index contributed by atoms with van der Waals surface area (Å²) in [5, 5.41) is 14.6. The Morgan fingerprint density at radius 2 is 2.12 bits per heavy atom. The molecule has 7 heteroatoms. The van der Waals surface area contributed by atoms with Gasteiger partial charge in [-0.15, -0.1) is 0 Å². The van der Waals surface area contributed by atoms with Crippen LogP contribution in [0.15, 0.2) is 28.9 Å². The molecule has 1 N–H and O–H groups in total. The van der Waals surface area contributed by atoms with Crippen LogP contribution in [-0.2, 0) is 5.60 Å². The third kappa shape index (κ3) is 2.69. The summed E-state index contributed by atoms with van der Waals surface area (Å²) < 4.78 is 19.1. The first kappa shape index (κ1) is 15.3. The van der Waals surface area contributed by atoms with Crippen molar-refractivity contribution in [1.82, 2.24) is 15.0 Å². The van der Waals surface area contributed by atoms with E-state index in [1.165, 1.54) is 6.20 Å². The summed E-state index contributed by atoms with van der Waals surface area (Å²) in [6, 6.07) is 4.85. The SMILES string of the molecule is O=C(c1cc(C2CC2)on1)N1CCC(O)(c2cccnc2F)CC1. The number of likely N-dealkylation sites (tertiary alicyclic amines) is 1. The molecule has 1 aliphatic carbocycles. The van der Waals surface area contributed by atoms with E-state index in [0.717, 1.165) is 18.6 Å². The van der Waals surface area contributed by atoms with Crippen LogP contribution in [0.5, 0.6) is 0 Å². The van der Waals surface area contributed by atoms with Crippen LogP contribution in [0.4, 0.5) is 4.39 Å². The molecule has 0 unspecified atom stereocenters. The second-order valence-electron chi connectivity index (χ2n) is 6.55. The maximum absolute atomic E-state index is 13.9. The largest absolute Gasteiger partial charge is 0.385 e. The summed E-state index contributed by atoms with van der Waals surface area (Å²) >= 11 is 0. The molecule has 1 aliphatic heterocycles. The minimum atomic E-state index is -1.29. The predicted octanol–water partition coefficient (Wildman–Crippen LogP) is 2.21. The van der Waals surface area contributed by atoms with E-state index in [1.807, 2.05) is 0 Å². The third-order valence-corrected chi connectivity index (χ3v) is 4.87. The number of carbonyl (C=O) groups is 1. The molecule has 0 spiro atoms. The van der Waals surface area contributed by atoms with Crippen LogP contribution in [-0.4, -0.2) is 39.1 Å². The highest BCUT2D eigenvalue weighted by Crippen LogP contribution is 2.40. The van der Waals surface area contributed by atoms with Gasteiger partial charge < -0.3 is 14.5 Å². The van der Waals surface area contributed by atoms with Gasteiger partial charge in [-0.05, 0) is 31.7 Å². The van der Waals surface area contributed by atoms with Crippen molar-refractivity contribution in [3.05, 3.63) is 47.4 Å². The summed E-state index contributed by atoms with van der Waals surface area (Å²) in [5.74, 6) is 0.299. The van der Waals surface area contributed by atoms with Crippen LogP contribution < -0.4 is 0 Å². The number of nitrogens with zero attached hydrogens (tertiary/aromatic N) is 3. The number of hydrogen-bond donors (Lipinski definition) is 1. The summed E-state index contributed by atoms with van der Waals surface area (Å²) in [5.41, 5.74) is -0.803. The van der Waals surface area contributed by atoms with Gasteiger partial charge in [-0.1, -0.05) is 11.2 Å². The first-order chi connectivity index (χ1) is 11.6. The van der Waals surface area contributed by atoms with Crippen LogP contribution >= 0.6 is 0 Å². The van der Waals surface area contributed by atoms with Gasteiger partial charge in [-0.2, -0.15) is 4.39 Å². The van der Waals surface area contributed by atoms with E-state index in [2.05, 4.69) is 10.1 Å². The number of aliphatic hydroxyl groups is 1. The Morgan fingerprint density at radius 3 is 2.79 bits per heavy atom. The standard InChI is InChI=1S/C17H18FN3O3/c18-15-12(2-1-7-19-15)17(23)5-8-21(9-6-17)16(22)13-10-14(24-20-13)11-3-4-11/h1-2,7,10-11,23H,3-6,8-9H2. The van der Waals surface area contributed by atoms with Gasteiger partial charge in [-0.3, -0.25) is 4.79 Å². The molecule has 4 rings (SSSR count). The topological polar surface area (TPSA) is 79.5 Å². The molecule has 126 valence electrons. The Hall–Kier alpha value is -2.28. The van der Waals surface area contributed by atoms with Gasteiger partial charge >= 0.3 is 0 Å². The molecule has 1 amide bonds. The summed E-state index contributed by atoms with van der Waals surface area (Å²) in [4.78, 5) is 17.7. The minimum absolute atomic E-state index is 0.189. The summed E-state index contributed by atoms with van der Waals surface area (Å²) in [6.45, 7) is 0.657. The number of pyridine rings is 1. The highest BCUT2D eigenvalue weighted by Gasteiger charge is 2.38. The van der Waals surface area contributed by atoms with E-state index in [9.17, 15) is 14.3 Å². The second-order valence-corrected chi connectivity index (χ2v) is 6.55. The first-order valence-electron chi connectivity index (χ1n) is 8.16. The fourth-order valence-corrected chi connectivity index (χ4v) is 3.19. The van der Waals surface area contributed by atoms with Gasteiger partial charge in [0.1, 0.15) is 5.76 Å². The summed E-state index contributed by atoms with van der Waals surface area (Å²) in [7, 11) is 0. The number of piperidine rings is 1. The predicted molar refractivity (Wildman–Crippen MR) is 81.7 cm³/mol. The normalized spacial score (nSPS) is 20.2. The molecule has 0 bridgehead atoms. The van der Waals surface area contributed by atoms with E-state index in [-0.39, 0.29) is 24.3 Å². The van der Waals surface area contributed by atoms with Gasteiger partial charge in [-0.25, -0.2) is 4.98 Å². The Balaban J connectivity index is 1.45. The van der Waals surface area contributed by atoms with E-state index in [4.69, 9.17) is 4.52 Å². The maximum Gasteiger partial charge on any atom is 0.276 e. The minimum Gasteiger partial charge on any atom is -0.385 e. The number of carbonyl (C=O) groups excluding carboxylic acids is 1. The molecule has 0 radical (unpaired) electrons. The average molecular weight is 331 g/mol. The van der Waals surface area contributed by atoms with E-state index in [1.54, 1.807) is 23.1 Å². The van der Waals surface area contributed by atoms with Crippen molar-refractivity contribution in [2.75, 3.05) is 13.1 Å². The average Bonchev–Trinajstić information content (AvgIpc) is 3.32. The Labute approximate surface area is 138 Å². The van der Waals surface area contributed by atoms with E-state index >= 15 is 0 Å². The number of amides is 1. The van der Waals surface area contributed by atoms with E-state index in [0.29, 0.717) is 24.7 Å². The van der Waals surface area contributed by atoms with Crippen LogP contribution in [0.3, 0.4) is 0 Å². The number of rotatable bonds is 3. The molecular weight excluding hydrogens is 313 g/mol. The molecular formula is C17H18FN3O3. The zero-order chi connectivity index (χ0) is 16.7. The van der Waals surface area contributed by atoms with Crippen molar-refractivity contribution in [2.45, 2.75) is 37.2 Å². The maximum atomic E-state index is 13.9. The van der Waals surface area contributed by atoms with Crippen molar-refractivity contribution < 1.29 is 18.8 Å². The highest BCUT2D eigenvalue weighted by molar-refractivity contribution is 5.92. The van der Waals surface area contributed by atoms with Crippen molar-refractivity contribution in [1.29, 1.82) is 0 Å². The molecule has 2 aliphatic rings. The van der Waals surface area contributed by atoms with Crippen LogP contribution in [0.1, 0.15) is 53.4 Å². The van der Waals surface area contributed by atoms with Crippen molar-refractivity contribution >= 4 is 5.91 Å². The fourth-order valence-electron chi connectivity index (χ4n) is 3.19. The molecule has 0 atom stereocenters. The lowest BCUT2D eigenvalue weighted by Gasteiger charge is -2.38. The molecule has 2 fully saturated rings. The lowest BCUT2D eigenvalue weighted by atomic mass is 9.85. The van der Waals surface area contributed by atoms with Gasteiger partial charge in [0.05, 0.1) is 5.60 Å². The van der Waals surface area contributed by atoms with Gasteiger partial charge in [0.2, 0.25) is 5.95 Å². The van der Waals surface area contributed by atoms with Gasteiger partial charge in [0, 0.05) is 36.8 Å². The zero-order valence-corrected chi connectivity index (χ0v) is 13.1. The van der Waals surface area contributed by atoms with Crippen molar-refractivity contribution in [3.63, 3.8) is 0 Å². The van der Waals surface area contributed by atoms with Crippen molar-refractivity contribution in [3.8, 4) is 0 Å². The molecule has 1 saturated heterocycles. The molecule has 2 aromatic heterocycles. The molecule has 24 heavy (non-hydrogen) atoms. The molecule has 2 aromatic rings. The first-order valence-corrected chi connectivity index (χ1v) is 8.16. The lowest BCUT2D eigenvalue weighted by Crippen LogP contribution is -2.45. The van der Waals surface area contributed by atoms with Crippen LogP contribution in [0.2, 0.25) is 0 Å². The Kier molecular flexibility index (Phi) is 3.60.